The van der Waals surface area contributed by atoms with Gasteiger partial charge in [0.2, 0.25) is 0 Å². The van der Waals surface area contributed by atoms with Crippen LogP contribution in [0.25, 0.3) is 4.85 Å². The predicted molar refractivity (Wildman–Crippen MR) is 158 cm³/mol. The van der Waals surface area contributed by atoms with Crippen molar-refractivity contribution in [3.8, 4) is 6.57 Å². The Morgan fingerprint density at radius 3 is 2.28 bits per heavy atom. The number of nitrogens with one attached hydrogen (secondary N) is 1. The minimum Gasteiger partial charge on any atom is -0.400 e. The van der Waals surface area contributed by atoms with Crippen molar-refractivity contribution in [3.63, 3.8) is 0 Å². The molecule has 0 atom stereocenters. The Hall–Kier alpha value is -2.86. The van der Waals surface area contributed by atoms with Crippen LogP contribution in [-0.2, 0) is 5.92 Å². The first-order valence-electron chi connectivity index (χ1n) is 13.7. The maximum atomic E-state index is 14.5. The average Bonchev–Trinajstić information content (AvgIpc) is 3.10. The van der Waals surface area contributed by atoms with Gasteiger partial charge in [0, 0.05) is 43.2 Å². The van der Waals surface area contributed by atoms with Crippen LogP contribution in [0.5, 0.6) is 0 Å². The molecule has 2 N–H and O–H groups in total. The van der Waals surface area contributed by atoms with E-state index in [0.717, 1.165) is 26.4 Å². The van der Waals surface area contributed by atoms with Gasteiger partial charge in [-0.1, -0.05) is 54.5 Å². The summed E-state index contributed by atoms with van der Waals surface area (Å²) in [6, 6.07) is 0. The number of hydrogen-bond donors (Lipinski definition) is 2. The number of aliphatic hydroxyl groups excluding tert-OH is 1. The second kappa shape index (κ2) is 19.2. The second-order valence-electron chi connectivity index (χ2n) is 9.23. The summed E-state index contributed by atoms with van der Waals surface area (Å²) in [7, 11) is 1.00. The molecule has 2 heterocycles. The van der Waals surface area contributed by atoms with E-state index in [0.29, 0.717) is 31.0 Å². The molecule has 1 aromatic heterocycles. The lowest BCUT2D eigenvalue weighted by Gasteiger charge is -2.29. The fourth-order valence-electron chi connectivity index (χ4n) is 4.27. The van der Waals surface area contributed by atoms with Crippen molar-refractivity contribution in [2.75, 3.05) is 31.8 Å². The number of aromatic nitrogens is 1. The molecular weight excluding hydrogens is 505 g/mol. The zero-order chi connectivity index (χ0) is 30.8. The van der Waals surface area contributed by atoms with Gasteiger partial charge in [-0.25, -0.2) is 9.37 Å². The van der Waals surface area contributed by atoms with Gasteiger partial charge in [-0.3, -0.25) is 4.79 Å². The van der Waals surface area contributed by atoms with Gasteiger partial charge in [-0.05, 0) is 55.4 Å². The fourth-order valence-corrected chi connectivity index (χ4v) is 4.27. The third kappa shape index (κ3) is 11.4. The summed E-state index contributed by atoms with van der Waals surface area (Å²) < 4.78 is 42.3. The number of pyridine rings is 1. The molecule has 1 aliphatic rings. The van der Waals surface area contributed by atoms with E-state index in [4.69, 9.17) is 11.7 Å². The summed E-state index contributed by atoms with van der Waals surface area (Å²) in [6.45, 7) is 21.7. The summed E-state index contributed by atoms with van der Waals surface area (Å²) in [6.07, 6.45) is 7.98. The van der Waals surface area contributed by atoms with E-state index in [9.17, 15) is 18.0 Å². The Morgan fingerprint density at radius 1 is 1.18 bits per heavy atom. The molecule has 1 fully saturated rings. The highest BCUT2D eigenvalue weighted by Gasteiger charge is 2.39. The SMILES string of the molecule is C#[N+]/C=C\C(=C/CC)NC(=O)c1c(N2CCCC(C)(C)CC2)nc(C)c(C(F)(F)CF)c1C.CC.CC.CO. The Kier molecular flexibility index (Phi) is 18.9. The van der Waals surface area contributed by atoms with Crippen LogP contribution >= 0.6 is 0 Å². The van der Waals surface area contributed by atoms with Crippen LogP contribution in [0.4, 0.5) is 19.0 Å². The lowest BCUT2D eigenvalue weighted by atomic mass is 9.85. The van der Waals surface area contributed by atoms with Crippen molar-refractivity contribution in [1.82, 2.24) is 10.3 Å². The smallest absolute Gasteiger partial charge is 0.307 e. The molecule has 1 saturated heterocycles. The first-order chi connectivity index (χ1) is 18.5. The molecule has 1 amide bonds. The highest BCUT2D eigenvalue weighted by Crippen LogP contribution is 2.39. The molecule has 0 aromatic carbocycles. The van der Waals surface area contributed by atoms with Crippen LogP contribution in [0.3, 0.4) is 0 Å². The van der Waals surface area contributed by atoms with Crippen LogP contribution in [0.15, 0.2) is 24.0 Å². The van der Waals surface area contributed by atoms with Gasteiger partial charge >= 0.3 is 12.1 Å². The zero-order valence-corrected chi connectivity index (χ0v) is 25.6. The van der Waals surface area contributed by atoms with Crippen LogP contribution in [0, 0.1) is 25.8 Å². The number of aliphatic hydroxyl groups is 1. The van der Waals surface area contributed by atoms with E-state index >= 15 is 0 Å². The van der Waals surface area contributed by atoms with Crippen LogP contribution in [0.1, 0.15) is 101 Å². The Bertz CT molecular complexity index is 983. The largest absolute Gasteiger partial charge is 0.400 e. The van der Waals surface area contributed by atoms with Gasteiger partial charge in [-0.2, -0.15) is 8.78 Å². The third-order valence-electron chi connectivity index (χ3n) is 6.03. The lowest BCUT2D eigenvalue weighted by Crippen LogP contribution is -2.33. The molecule has 9 heteroatoms. The number of nitrogens with zero attached hydrogens (tertiary/aromatic N) is 3. The summed E-state index contributed by atoms with van der Waals surface area (Å²) in [4.78, 5) is 23.2. The molecule has 0 unspecified atom stereocenters. The maximum absolute atomic E-state index is 14.5. The van der Waals surface area contributed by atoms with Crippen molar-refractivity contribution in [1.29, 1.82) is 0 Å². The number of hydrogen-bond acceptors (Lipinski definition) is 4. The summed E-state index contributed by atoms with van der Waals surface area (Å²) in [5.74, 6) is -3.98. The van der Waals surface area contributed by atoms with Crippen molar-refractivity contribution >= 4 is 11.7 Å². The molecule has 39 heavy (non-hydrogen) atoms. The first kappa shape index (κ1) is 38.3. The van der Waals surface area contributed by atoms with Crippen molar-refractivity contribution in [2.24, 2.45) is 5.41 Å². The number of halogens is 3. The Labute approximate surface area is 234 Å². The molecule has 0 saturated carbocycles. The normalized spacial score (nSPS) is 14.9. The minimum atomic E-state index is -3.74. The number of amides is 1. The quantitative estimate of drug-likeness (QED) is 0.335. The lowest BCUT2D eigenvalue weighted by molar-refractivity contribution is -0.0295. The first-order valence-corrected chi connectivity index (χ1v) is 13.7. The summed E-state index contributed by atoms with van der Waals surface area (Å²) in [5.41, 5.74) is 0.112. The zero-order valence-electron chi connectivity index (χ0n) is 25.6. The van der Waals surface area contributed by atoms with Crippen molar-refractivity contribution in [2.45, 2.75) is 93.9 Å². The number of alkyl halides is 3. The van der Waals surface area contributed by atoms with E-state index in [1.165, 1.54) is 26.1 Å². The molecule has 0 spiro atoms. The van der Waals surface area contributed by atoms with Gasteiger partial charge in [-0.15, -0.1) is 0 Å². The Balaban J connectivity index is 0. The number of allylic oxidation sites excluding steroid dienone is 2. The molecular formula is C30H50F3N4O2+. The number of rotatable bonds is 7. The van der Waals surface area contributed by atoms with Crippen molar-refractivity contribution < 1.29 is 23.1 Å². The van der Waals surface area contributed by atoms with E-state index in [-0.39, 0.29) is 22.2 Å². The number of anilines is 1. The molecule has 222 valence electrons. The molecule has 0 aliphatic carbocycles. The molecule has 6 nitrogen and oxygen atoms in total. The van der Waals surface area contributed by atoms with Gasteiger partial charge in [0.25, 0.3) is 12.5 Å². The van der Waals surface area contributed by atoms with E-state index in [1.807, 2.05) is 39.5 Å². The van der Waals surface area contributed by atoms with Crippen LogP contribution in [0.2, 0.25) is 0 Å². The average molecular weight is 556 g/mol. The molecule has 1 aromatic rings. The standard InChI is InChI=1S/C25H33F3N4O.2C2H6.CH4O/c1-7-9-19(10-13-29-6)31-23(33)20-17(2)21(25(27,28)16-26)18(3)30-22(20)32-14-8-11-24(4,5)12-15-32;3*1-2/h6,9-10,13H,7-8,11-12,14-16H2,1-5H3;2*1-2H3;2H,1H3/p+1/b13-10-,19-9+;;;. The molecule has 1 aliphatic heterocycles. The second-order valence-corrected chi connectivity index (χ2v) is 9.23. The van der Waals surface area contributed by atoms with E-state index in [2.05, 4.69) is 29.0 Å². The minimum absolute atomic E-state index is 0.0244. The maximum Gasteiger partial charge on any atom is 0.307 e. The molecule has 2 rings (SSSR count). The van der Waals surface area contributed by atoms with Gasteiger partial charge < -0.3 is 15.3 Å². The van der Waals surface area contributed by atoms with Gasteiger partial charge in [0.15, 0.2) is 6.67 Å². The third-order valence-corrected chi connectivity index (χ3v) is 6.03. The highest BCUT2D eigenvalue weighted by molar-refractivity contribution is 6.02. The number of carbonyl (C=O) groups excluding carboxylic acids is 1. The van der Waals surface area contributed by atoms with Crippen LogP contribution in [-0.4, -0.2) is 42.9 Å². The van der Waals surface area contributed by atoms with E-state index < -0.39 is 24.1 Å². The van der Waals surface area contributed by atoms with Crippen LogP contribution < -0.4 is 10.2 Å². The molecule has 0 radical (unpaired) electrons. The molecule has 0 bridgehead atoms. The van der Waals surface area contributed by atoms with E-state index in [1.54, 1.807) is 6.08 Å². The van der Waals surface area contributed by atoms with Gasteiger partial charge in [0.05, 0.1) is 5.56 Å². The predicted octanol–water partition coefficient (Wildman–Crippen LogP) is 7.94. The highest BCUT2D eigenvalue weighted by atomic mass is 19.3. The summed E-state index contributed by atoms with van der Waals surface area (Å²) in [5, 5.41) is 9.75. The monoisotopic (exact) mass is 555 g/mol. The number of carbonyl (C=O) groups is 1. The topological polar surface area (TPSA) is 69.8 Å². The van der Waals surface area contributed by atoms with Gasteiger partial charge in [0.1, 0.15) is 5.82 Å². The number of aryl methyl sites for hydroxylation is 1. The fraction of sp³-hybridized carbons (Fsp3) is 0.633. The Morgan fingerprint density at radius 2 is 1.77 bits per heavy atom. The van der Waals surface area contributed by atoms with Crippen molar-refractivity contribution in [3.05, 3.63) is 51.3 Å². The summed E-state index contributed by atoms with van der Waals surface area (Å²) >= 11 is 0.